The number of halogens is 9. The largest absolute Gasteiger partial charge is 0.743 e. The van der Waals surface area contributed by atoms with E-state index in [1.807, 2.05) is 18.2 Å². The number of alkyl halides is 9. The van der Waals surface area contributed by atoms with Gasteiger partial charge in [0.2, 0.25) is 0 Å². The Morgan fingerprint density at radius 3 is 1.80 bits per heavy atom. The second-order valence-electron chi connectivity index (χ2n) is 11.5. The number of fused-ring (bicyclic) bond motifs is 4. The number of hydrogen-bond donors (Lipinski definition) is 0. The van der Waals surface area contributed by atoms with Gasteiger partial charge in [-0.05, 0) is 84.9 Å². The summed E-state index contributed by atoms with van der Waals surface area (Å²) in [5.41, 5.74) is 0. The second-order valence-corrected chi connectivity index (χ2v) is 17.2. The van der Waals surface area contributed by atoms with Crippen LogP contribution >= 0.6 is 0 Å². The molecule has 2 aromatic rings. The molecule has 4 aliphatic rings. The molecule has 1 aliphatic heterocycles. The number of benzene rings is 2. The van der Waals surface area contributed by atoms with E-state index in [0.717, 1.165) is 17.7 Å². The van der Waals surface area contributed by atoms with Gasteiger partial charge < -0.3 is 4.55 Å². The first kappa shape index (κ1) is 35.1. The minimum atomic E-state index is -7.43. The van der Waals surface area contributed by atoms with Crippen LogP contribution in [0.1, 0.15) is 44.9 Å². The van der Waals surface area contributed by atoms with E-state index in [2.05, 4.69) is 18.2 Å². The molecule has 6 rings (SSSR count). The summed E-state index contributed by atoms with van der Waals surface area (Å²) in [5, 5.41) is -4.87. The van der Waals surface area contributed by atoms with Gasteiger partial charge in [0.15, 0.2) is 24.9 Å². The molecule has 1 atom stereocenters. The third-order valence-corrected chi connectivity index (χ3v) is 13.8. The van der Waals surface area contributed by atoms with Crippen LogP contribution < -0.4 is 0 Å². The predicted molar refractivity (Wildman–Crippen MR) is 145 cm³/mol. The molecule has 17 heteroatoms. The van der Waals surface area contributed by atoms with Crippen molar-refractivity contribution < 1.29 is 60.9 Å². The lowest BCUT2D eigenvalue weighted by Gasteiger charge is -2.42. The normalized spacial score (nSPS) is 23.9. The third-order valence-electron chi connectivity index (χ3n) is 8.56. The molecule has 3 saturated carbocycles. The maximum Gasteiger partial charge on any atom is 0.460 e. The van der Waals surface area contributed by atoms with Crippen LogP contribution in [-0.2, 0) is 30.9 Å². The Morgan fingerprint density at radius 2 is 1.30 bits per heavy atom. The van der Waals surface area contributed by atoms with Crippen LogP contribution in [0.5, 0.6) is 0 Å². The van der Waals surface area contributed by atoms with Crippen molar-refractivity contribution in [2.24, 2.45) is 17.8 Å². The highest BCUT2D eigenvalue weighted by molar-refractivity contribution is 7.97. The first-order valence-corrected chi connectivity index (χ1v) is 18.3. The van der Waals surface area contributed by atoms with Crippen LogP contribution in [0.15, 0.2) is 46.2 Å². The van der Waals surface area contributed by atoms with Crippen LogP contribution in [-0.4, -0.2) is 61.9 Å². The smallest absolute Gasteiger partial charge is 0.460 e. The molecule has 2 bridgehead atoms. The van der Waals surface area contributed by atoms with E-state index in [1.165, 1.54) is 60.3 Å². The number of rotatable bonds is 7. The van der Waals surface area contributed by atoms with Crippen molar-refractivity contribution in [3.63, 3.8) is 0 Å². The molecule has 0 radical (unpaired) electrons. The quantitative estimate of drug-likeness (QED) is 0.174. The van der Waals surface area contributed by atoms with Crippen molar-refractivity contribution in [3.05, 3.63) is 36.4 Å². The van der Waals surface area contributed by atoms with Gasteiger partial charge in [0.05, 0.1) is 10.6 Å². The number of sulfone groups is 1. The van der Waals surface area contributed by atoms with Gasteiger partial charge in [-0.3, -0.25) is 0 Å². The molecule has 0 aromatic heterocycles. The Balaban J connectivity index is 0.000000227. The molecular formula is C27H29F9O5S3. The van der Waals surface area contributed by atoms with Crippen LogP contribution in [0.2, 0.25) is 0 Å². The molecule has 44 heavy (non-hydrogen) atoms. The van der Waals surface area contributed by atoms with Crippen molar-refractivity contribution >= 4 is 41.6 Å². The third kappa shape index (κ3) is 6.70. The fourth-order valence-corrected chi connectivity index (χ4v) is 10.6. The summed E-state index contributed by atoms with van der Waals surface area (Å²) in [6, 6.07) is 12.4. The fraction of sp³-hybridized carbons (Fsp3) is 0.630. The van der Waals surface area contributed by atoms with Gasteiger partial charge in [-0.1, -0.05) is 18.9 Å². The molecule has 2 aromatic carbocycles. The van der Waals surface area contributed by atoms with Gasteiger partial charge >= 0.3 is 23.3 Å². The zero-order valence-corrected chi connectivity index (χ0v) is 25.4. The molecule has 4 fully saturated rings. The van der Waals surface area contributed by atoms with Gasteiger partial charge in [0, 0.05) is 17.0 Å². The SMILES string of the molecule is O=S(=O)(CC1CC2CCC1CC2)c1ccc2cc([S+]3CCCC3)ccc2c1.O=S(=O)([O-])C(F)(F)C(F)(F)C(F)(F)C(F)(F)F. The minimum absolute atomic E-state index is 0.348. The van der Waals surface area contributed by atoms with Gasteiger partial charge in [-0.25, -0.2) is 16.8 Å². The van der Waals surface area contributed by atoms with E-state index >= 15 is 0 Å². The summed E-state index contributed by atoms with van der Waals surface area (Å²) in [6.45, 7) is 0. The molecule has 0 spiro atoms. The van der Waals surface area contributed by atoms with Crippen molar-refractivity contribution in [1.29, 1.82) is 0 Å². The van der Waals surface area contributed by atoms with Gasteiger partial charge in [-0.2, -0.15) is 39.5 Å². The van der Waals surface area contributed by atoms with E-state index in [1.54, 1.807) is 0 Å². The van der Waals surface area contributed by atoms with Crippen molar-refractivity contribution in [3.8, 4) is 0 Å². The lowest BCUT2D eigenvalue weighted by Crippen LogP contribution is -2.63. The molecule has 1 heterocycles. The van der Waals surface area contributed by atoms with E-state index in [0.29, 0.717) is 33.4 Å². The summed E-state index contributed by atoms with van der Waals surface area (Å²) >= 11 is 0. The molecule has 5 nitrogen and oxygen atoms in total. The van der Waals surface area contributed by atoms with Crippen LogP contribution in [0.25, 0.3) is 10.8 Å². The maximum absolute atomic E-state index is 13.1. The average Bonchev–Trinajstić information content (AvgIpc) is 3.47. The highest BCUT2D eigenvalue weighted by Crippen LogP contribution is 2.54. The maximum atomic E-state index is 13.1. The first-order chi connectivity index (χ1) is 20.1. The predicted octanol–water partition coefficient (Wildman–Crippen LogP) is 7.17. The van der Waals surface area contributed by atoms with E-state index < -0.39 is 43.2 Å². The van der Waals surface area contributed by atoms with E-state index in [-0.39, 0.29) is 0 Å². The molecule has 1 unspecified atom stereocenters. The molecule has 248 valence electrons. The highest BCUT2D eigenvalue weighted by Gasteiger charge is 2.83. The molecule has 0 N–H and O–H groups in total. The molecular weight excluding hydrogens is 671 g/mol. The minimum Gasteiger partial charge on any atom is -0.743 e. The highest BCUT2D eigenvalue weighted by atomic mass is 32.2. The van der Waals surface area contributed by atoms with Gasteiger partial charge in [0.25, 0.3) is 0 Å². The van der Waals surface area contributed by atoms with Crippen LogP contribution in [0.3, 0.4) is 0 Å². The Labute approximate surface area is 251 Å². The monoisotopic (exact) mass is 700 g/mol. The first-order valence-electron chi connectivity index (χ1n) is 13.7. The van der Waals surface area contributed by atoms with Crippen molar-refractivity contribution in [2.45, 2.75) is 78.0 Å². The van der Waals surface area contributed by atoms with E-state index in [4.69, 9.17) is 0 Å². The van der Waals surface area contributed by atoms with Crippen molar-refractivity contribution in [1.82, 2.24) is 0 Å². The Bertz CT molecular complexity index is 1560. The van der Waals surface area contributed by atoms with Gasteiger partial charge in [0.1, 0.15) is 11.5 Å². The second kappa shape index (κ2) is 12.1. The zero-order valence-electron chi connectivity index (χ0n) is 22.9. The van der Waals surface area contributed by atoms with Crippen LogP contribution in [0.4, 0.5) is 39.5 Å². The van der Waals surface area contributed by atoms with E-state index in [9.17, 15) is 60.9 Å². The number of hydrogen-bond acceptors (Lipinski definition) is 5. The summed E-state index contributed by atoms with van der Waals surface area (Å²) in [7, 11) is -10.2. The lowest BCUT2D eigenvalue weighted by atomic mass is 9.65. The Kier molecular flexibility index (Phi) is 9.69. The zero-order chi connectivity index (χ0) is 32.9. The molecule has 0 amide bonds. The topological polar surface area (TPSA) is 91.3 Å². The van der Waals surface area contributed by atoms with Crippen molar-refractivity contribution in [2.75, 3.05) is 17.3 Å². The summed E-state index contributed by atoms with van der Waals surface area (Å²) < 4.78 is 162. The standard InChI is InChI=1S/C23H29O2S2.C4HF9O3S/c24-27(25,16-21-13-17-3-5-18(21)6-4-17)23-10-8-19-14-22(9-7-20(19)15-23)26-11-1-2-12-26;5-1(6,3(9,10)11)2(7,8)4(12,13)17(14,15)16/h7-10,14-15,17-18,21H,1-6,11-13,16H2;(H,14,15,16)/q+1;/p-1. The molecule has 1 saturated heterocycles. The lowest BCUT2D eigenvalue weighted by molar-refractivity contribution is -0.382. The summed E-state index contributed by atoms with van der Waals surface area (Å²) in [4.78, 5) is 1.97. The average molecular weight is 701 g/mol. The summed E-state index contributed by atoms with van der Waals surface area (Å²) in [6.07, 6.45) is 1.79. The molecule has 3 aliphatic carbocycles. The fourth-order valence-electron chi connectivity index (χ4n) is 6.08. The van der Waals surface area contributed by atoms with Gasteiger partial charge in [-0.15, -0.1) is 0 Å². The Hall–Kier alpha value is -1.72. The van der Waals surface area contributed by atoms with Crippen LogP contribution in [0, 0.1) is 17.8 Å². The summed E-state index contributed by atoms with van der Waals surface area (Å²) in [5.74, 6) is -10.0. The Morgan fingerprint density at radius 1 is 0.750 bits per heavy atom.